The smallest absolute Gasteiger partial charge is 0.248 e. The number of hydrogen-bond donors (Lipinski definition) is 1. The Balaban J connectivity index is 1.76. The Morgan fingerprint density at radius 2 is 2.08 bits per heavy atom. The minimum absolute atomic E-state index is 0.0227. The molecule has 2 heterocycles. The van der Waals surface area contributed by atoms with Gasteiger partial charge in [-0.05, 0) is 56.2 Å². The van der Waals surface area contributed by atoms with Gasteiger partial charge in [-0.25, -0.2) is 4.39 Å². The largest absolute Gasteiger partial charge is 0.375 e. The van der Waals surface area contributed by atoms with E-state index >= 15 is 0 Å². The lowest BCUT2D eigenvalue weighted by atomic mass is 9.93. The minimum atomic E-state index is -0.259. The molecule has 138 valence electrons. The molecular formula is C20H24FN3O2. The van der Waals surface area contributed by atoms with Gasteiger partial charge in [0.2, 0.25) is 5.91 Å². The van der Waals surface area contributed by atoms with Crippen molar-refractivity contribution in [3.63, 3.8) is 0 Å². The van der Waals surface area contributed by atoms with Crippen molar-refractivity contribution < 1.29 is 13.9 Å². The first-order chi connectivity index (χ1) is 12.5. The molecular weight excluding hydrogens is 333 g/mol. The van der Waals surface area contributed by atoms with Crippen molar-refractivity contribution >= 4 is 17.3 Å². The first-order valence-corrected chi connectivity index (χ1v) is 8.83. The predicted molar refractivity (Wildman–Crippen MR) is 99.1 cm³/mol. The summed E-state index contributed by atoms with van der Waals surface area (Å²) in [5.74, 6) is -0.0297. The van der Waals surface area contributed by atoms with E-state index in [1.54, 1.807) is 12.1 Å². The zero-order valence-corrected chi connectivity index (χ0v) is 15.2. The first-order valence-electron chi connectivity index (χ1n) is 8.83. The fourth-order valence-corrected chi connectivity index (χ4v) is 3.34. The Kier molecular flexibility index (Phi) is 5.83. The molecule has 0 saturated carbocycles. The SMILES string of the molecule is COCC(=O)N1CCC[C@@H](c2cc(Nc3ccc(F)cc3)cc(C)n2)C1. The van der Waals surface area contributed by atoms with Crippen LogP contribution < -0.4 is 5.32 Å². The average molecular weight is 357 g/mol. The molecule has 0 radical (unpaired) electrons. The number of methoxy groups -OCH3 is 1. The van der Waals surface area contributed by atoms with Crippen LogP contribution in [0, 0.1) is 12.7 Å². The highest BCUT2D eigenvalue weighted by Crippen LogP contribution is 2.29. The van der Waals surface area contributed by atoms with Crippen LogP contribution in [0.4, 0.5) is 15.8 Å². The fourth-order valence-electron chi connectivity index (χ4n) is 3.34. The normalized spacial score (nSPS) is 17.2. The summed E-state index contributed by atoms with van der Waals surface area (Å²) < 4.78 is 18.0. The molecule has 1 saturated heterocycles. The number of nitrogens with one attached hydrogen (secondary N) is 1. The minimum Gasteiger partial charge on any atom is -0.375 e. The summed E-state index contributed by atoms with van der Waals surface area (Å²) in [6.07, 6.45) is 1.96. The molecule has 1 aliphatic heterocycles. The number of anilines is 2. The van der Waals surface area contributed by atoms with Gasteiger partial charge in [0.1, 0.15) is 12.4 Å². The van der Waals surface area contributed by atoms with E-state index in [0.29, 0.717) is 6.54 Å². The van der Waals surface area contributed by atoms with Gasteiger partial charge in [0.15, 0.2) is 0 Å². The number of ether oxygens (including phenoxy) is 1. The molecule has 1 N–H and O–H groups in total. The Hall–Kier alpha value is -2.47. The van der Waals surface area contributed by atoms with Crippen molar-refractivity contribution in [1.29, 1.82) is 0 Å². The van der Waals surface area contributed by atoms with E-state index in [9.17, 15) is 9.18 Å². The Bertz CT molecular complexity index is 764. The molecule has 1 aromatic carbocycles. The van der Waals surface area contributed by atoms with Gasteiger partial charge in [0, 0.05) is 48.9 Å². The molecule has 0 aliphatic carbocycles. The number of nitrogens with zero attached hydrogens (tertiary/aromatic N) is 2. The highest BCUT2D eigenvalue weighted by molar-refractivity contribution is 5.77. The van der Waals surface area contributed by atoms with E-state index in [0.717, 1.165) is 42.1 Å². The van der Waals surface area contributed by atoms with Gasteiger partial charge in [-0.15, -0.1) is 0 Å². The molecule has 3 rings (SSSR count). The van der Waals surface area contributed by atoms with Gasteiger partial charge >= 0.3 is 0 Å². The number of hydrogen-bond acceptors (Lipinski definition) is 4. The van der Waals surface area contributed by atoms with E-state index in [4.69, 9.17) is 4.74 Å². The van der Waals surface area contributed by atoms with Crippen molar-refractivity contribution in [2.45, 2.75) is 25.7 Å². The van der Waals surface area contributed by atoms with Crippen LogP contribution in [0.5, 0.6) is 0 Å². The summed E-state index contributed by atoms with van der Waals surface area (Å²) in [4.78, 5) is 18.7. The zero-order valence-electron chi connectivity index (χ0n) is 15.2. The number of aryl methyl sites for hydroxylation is 1. The maximum absolute atomic E-state index is 13.1. The van der Waals surface area contributed by atoms with Gasteiger partial charge in [0.25, 0.3) is 0 Å². The summed E-state index contributed by atoms with van der Waals surface area (Å²) in [5.41, 5.74) is 3.62. The second-order valence-corrected chi connectivity index (χ2v) is 6.67. The maximum atomic E-state index is 13.1. The van der Waals surface area contributed by atoms with Crippen molar-refractivity contribution in [3.8, 4) is 0 Å². The molecule has 2 aromatic rings. The number of pyridine rings is 1. The molecule has 1 fully saturated rings. The molecule has 0 unspecified atom stereocenters. The van der Waals surface area contributed by atoms with Gasteiger partial charge in [0.05, 0.1) is 0 Å². The van der Waals surface area contributed by atoms with E-state index in [1.807, 2.05) is 24.0 Å². The van der Waals surface area contributed by atoms with Gasteiger partial charge in [-0.2, -0.15) is 0 Å². The number of halogens is 1. The van der Waals surface area contributed by atoms with Crippen LogP contribution in [0.1, 0.15) is 30.1 Å². The summed E-state index contributed by atoms with van der Waals surface area (Å²) in [6.45, 7) is 3.50. The molecule has 0 bridgehead atoms. The lowest BCUT2D eigenvalue weighted by Gasteiger charge is -2.32. The third-order valence-corrected chi connectivity index (χ3v) is 4.57. The van der Waals surface area contributed by atoms with Crippen molar-refractivity contribution in [2.24, 2.45) is 0 Å². The number of benzene rings is 1. The lowest BCUT2D eigenvalue weighted by Crippen LogP contribution is -2.41. The zero-order chi connectivity index (χ0) is 18.5. The topological polar surface area (TPSA) is 54.5 Å². The highest BCUT2D eigenvalue weighted by atomic mass is 19.1. The second kappa shape index (κ2) is 8.27. The standard InChI is InChI=1S/C20H24FN3O2/c1-14-10-18(23-17-7-5-16(21)6-8-17)11-19(22-14)15-4-3-9-24(12-15)20(25)13-26-2/h5-8,10-11,15H,3-4,9,12-13H2,1-2H3,(H,22,23)/t15-/m1/s1. The molecule has 1 aromatic heterocycles. The van der Waals surface area contributed by atoms with Gasteiger partial charge in [-0.3, -0.25) is 9.78 Å². The van der Waals surface area contributed by atoms with E-state index in [1.165, 1.54) is 19.2 Å². The third-order valence-electron chi connectivity index (χ3n) is 4.57. The first kappa shape index (κ1) is 18.3. The van der Waals surface area contributed by atoms with Gasteiger partial charge in [-0.1, -0.05) is 0 Å². The molecule has 1 amide bonds. The molecule has 1 aliphatic rings. The molecule has 26 heavy (non-hydrogen) atoms. The number of likely N-dealkylation sites (tertiary alicyclic amines) is 1. The molecule has 0 spiro atoms. The number of carbonyl (C=O) groups is 1. The summed E-state index contributed by atoms with van der Waals surface area (Å²) >= 11 is 0. The molecule has 6 heteroatoms. The van der Waals surface area contributed by atoms with E-state index in [2.05, 4.69) is 10.3 Å². The fraction of sp³-hybridized carbons (Fsp3) is 0.400. The summed E-state index contributed by atoms with van der Waals surface area (Å²) in [6, 6.07) is 10.2. The highest BCUT2D eigenvalue weighted by Gasteiger charge is 2.25. The Morgan fingerprint density at radius 1 is 1.31 bits per heavy atom. The van der Waals surface area contributed by atoms with Crippen LogP contribution >= 0.6 is 0 Å². The second-order valence-electron chi connectivity index (χ2n) is 6.67. The van der Waals surface area contributed by atoms with Crippen LogP contribution in [0.15, 0.2) is 36.4 Å². The van der Waals surface area contributed by atoms with E-state index in [-0.39, 0.29) is 24.2 Å². The average Bonchev–Trinajstić information content (AvgIpc) is 2.63. The Labute approximate surface area is 153 Å². The van der Waals surface area contributed by atoms with Crippen LogP contribution in [0.2, 0.25) is 0 Å². The predicted octanol–water partition coefficient (Wildman–Crippen LogP) is 3.63. The monoisotopic (exact) mass is 357 g/mol. The number of rotatable bonds is 5. The van der Waals surface area contributed by atoms with Crippen molar-refractivity contribution in [3.05, 3.63) is 53.6 Å². The van der Waals surface area contributed by atoms with Crippen molar-refractivity contribution in [1.82, 2.24) is 9.88 Å². The number of amides is 1. The summed E-state index contributed by atoms with van der Waals surface area (Å²) in [5, 5.41) is 3.30. The van der Waals surface area contributed by atoms with Crippen LogP contribution in [-0.4, -0.2) is 42.6 Å². The lowest BCUT2D eigenvalue weighted by molar-refractivity contribution is -0.136. The Morgan fingerprint density at radius 3 is 2.81 bits per heavy atom. The van der Waals surface area contributed by atoms with Gasteiger partial charge < -0.3 is 15.0 Å². The third kappa shape index (κ3) is 4.58. The molecule has 1 atom stereocenters. The van der Waals surface area contributed by atoms with Crippen LogP contribution in [0.25, 0.3) is 0 Å². The van der Waals surface area contributed by atoms with Crippen molar-refractivity contribution in [2.75, 3.05) is 32.1 Å². The maximum Gasteiger partial charge on any atom is 0.248 e. The quantitative estimate of drug-likeness (QED) is 0.888. The van der Waals surface area contributed by atoms with Crippen LogP contribution in [-0.2, 0) is 9.53 Å². The van der Waals surface area contributed by atoms with E-state index < -0.39 is 0 Å². The molecule has 5 nitrogen and oxygen atoms in total. The van der Waals surface area contributed by atoms with Crippen LogP contribution in [0.3, 0.4) is 0 Å². The number of piperidine rings is 1. The number of aromatic nitrogens is 1. The summed E-state index contributed by atoms with van der Waals surface area (Å²) in [7, 11) is 1.54. The number of carbonyl (C=O) groups excluding carboxylic acids is 1.